The average molecular weight is 282 g/mol. The highest BCUT2D eigenvalue weighted by atomic mass is 79.9. The van der Waals surface area contributed by atoms with Crippen molar-refractivity contribution in [1.29, 1.82) is 0 Å². The number of carbonyl (C=O) groups excluding carboxylic acids is 1. The maximum Gasteiger partial charge on any atom is 0.178 e. The Morgan fingerprint density at radius 2 is 2.15 bits per heavy atom. The molecule has 0 saturated carbocycles. The molecule has 13 heavy (non-hydrogen) atoms. The molecule has 0 aliphatic carbocycles. The first kappa shape index (κ1) is 11.0. The summed E-state index contributed by atoms with van der Waals surface area (Å²) in [5, 5.41) is 0.580. The van der Waals surface area contributed by atoms with Crippen molar-refractivity contribution in [3.8, 4) is 0 Å². The normalized spacial score (nSPS) is 10.2. The van der Waals surface area contributed by atoms with Gasteiger partial charge in [-0.15, -0.1) is 11.6 Å². The summed E-state index contributed by atoms with van der Waals surface area (Å²) in [6.45, 7) is 1.88. The van der Waals surface area contributed by atoms with Crippen LogP contribution in [0, 0.1) is 6.92 Å². The Bertz CT molecular complexity index is 350. The number of halogens is 3. The van der Waals surface area contributed by atoms with Crippen molar-refractivity contribution in [3.05, 3.63) is 32.8 Å². The van der Waals surface area contributed by atoms with Gasteiger partial charge in [-0.25, -0.2) is 0 Å². The molecule has 1 rings (SSSR count). The van der Waals surface area contributed by atoms with E-state index in [-0.39, 0.29) is 11.7 Å². The largest absolute Gasteiger partial charge is 0.293 e. The van der Waals surface area contributed by atoms with E-state index in [1.165, 1.54) is 0 Å². The van der Waals surface area contributed by atoms with Crippen molar-refractivity contribution in [3.63, 3.8) is 0 Å². The lowest BCUT2D eigenvalue weighted by atomic mass is 10.1. The molecule has 0 atom stereocenters. The van der Waals surface area contributed by atoms with E-state index in [9.17, 15) is 4.79 Å². The second kappa shape index (κ2) is 4.45. The van der Waals surface area contributed by atoms with Crippen LogP contribution in [0.3, 0.4) is 0 Å². The fraction of sp³-hybridized carbons (Fsp3) is 0.222. The van der Waals surface area contributed by atoms with Gasteiger partial charge in [0.2, 0.25) is 0 Å². The van der Waals surface area contributed by atoms with Gasteiger partial charge in [0.15, 0.2) is 5.78 Å². The molecule has 0 N–H and O–H groups in total. The van der Waals surface area contributed by atoms with Crippen molar-refractivity contribution >= 4 is 44.9 Å². The Labute approximate surface area is 95.2 Å². The van der Waals surface area contributed by atoms with Crippen LogP contribution in [-0.2, 0) is 0 Å². The second-order valence-corrected chi connectivity index (χ2v) is 4.17. The van der Waals surface area contributed by atoms with Crippen LogP contribution in [0.4, 0.5) is 0 Å². The minimum atomic E-state index is -0.129. The van der Waals surface area contributed by atoms with E-state index in [1.807, 2.05) is 13.0 Å². The lowest BCUT2D eigenvalue weighted by Crippen LogP contribution is -2.01. The van der Waals surface area contributed by atoms with Gasteiger partial charge in [-0.3, -0.25) is 4.79 Å². The summed E-state index contributed by atoms with van der Waals surface area (Å²) in [5.41, 5.74) is 1.46. The van der Waals surface area contributed by atoms with Gasteiger partial charge in [0.1, 0.15) is 0 Å². The van der Waals surface area contributed by atoms with Gasteiger partial charge >= 0.3 is 0 Å². The van der Waals surface area contributed by atoms with E-state index in [0.717, 1.165) is 10.0 Å². The number of hydrogen-bond acceptors (Lipinski definition) is 1. The smallest absolute Gasteiger partial charge is 0.178 e. The number of ketones is 1. The van der Waals surface area contributed by atoms with Gasteiger partial charge in [0, 0.05) is 15.1 Å². The summed E-state index contributed by atoms with van der Waals surface area (Å²) in [4.78, 5) is 11.3. The molecule has 0 heterocycles. The van der Waals surface area contributed by atoms with Crippen LogP contribution in [0.1, 0.15) is 15.9 Å². The maximum absolute atomic E-state index is 11.3. The van der Waals surface area contributed by atoms with Crippen LogP contribution in [0.2, 0.25) is 5.02 Å². The fourth-order valence-electron chi connectivity index (χ4n) is 0.932. The number of hydrogen-bond donors (Lipinski definition) is 0. The van der Waals surface area contributed by atoms with Gasteiger partial charge in [-0.2, -0.15) is 0 Å². The minimum absolute atomic E-state index is 0.0298. The van der Waals surface area contributed by atoms with E-state index >= 15 is 0 Å². The number of carbonyl (C=O) groups is 1. The molecule has 0 unspecified atom stereocenters. The molecule has 1 nitrogen and oxygen atoms in total. The molecule has 0 amide bonds. The number of Topliss-reactive ketones (excluding diaryl/α,β-unsaturated/α-hetero) is 1. The first-order chi connectivity index (χ1) is 6.06. The molecule has 0 saturated heterocycles. The Kier molecular flexibility index (Phi) is 3.77. The fourth-order valence-corrected chi connectivity index (χ4v) is 1.92. The second-order valence-electron chi connectivity index (χ2n) is 2.64. The SMILES string of the molecule is Cc1cc(Br)c(C(=O)CCl)cc1Cl. The number of aryl methyl sites for hydroxylation is 1. The Balaban J connectivity index is 3.23. The van der Waals surface area contributed by atoms with E-state index in [1.54, 1.807) is 6.07 Å². The highest BCUT2D eigenvalue weighted by Crippen LogP contribution is 2.25. The third kappa shape index (κ3) is 2.46. The first-order valence-electron chi connectivity index (χ1n) is 3.61. The minimum Gasteiger partial charge on any atom is -0.293 e. The van der Waals surface area contributed by atoms with E-state index in [2.05, 4.69) is 15.9 Å². The first-order valence-corrected chi connectivity index (χ1v) is 5.31. The topological polar surface area (TPSA) is 17.1 Å². The predicted octanol–water partition coefficient (Wildman–Crippen LogP) is 3.83. The van der Waals surface area contributed by atoms with Crippen LogP contribution in [-0.4, -0.2) is 11.7 Å². The lowest BCUT2D eigenvalue weighted by Gasteiger charge is -2.04. The lowest BCUT2D eigenvalue weighted by molar-refractivity contribution is 0.102. The van der Waals surface area contributed by atoms with Crippen molar-refractivity contribution in [2.24, 2.45) is 0 Å². The van der Waals surface area contributed by atoms with Crippen molar-refractivity contribution in [2.75, 3.05) is 5.88 Å². The molecule has 0 spiro atoms. The van der Waals surface area contributed by atoms with Gasteiger partial charge in [0.05, 0.1) is 5.88 Å². The molecule has 0 aliphatic rings. The van der Waals surface area contributed by atoms with Crippen molar-refractivity contribution in [2.45, 2.75) is 6.92 Å². The van der Waals surface area contributed by atoms with E-state index in [0.29, 0.717) is 10.6 Å². The summed E-state index contributed by atoms with van der Waals surface area (Å²) in [6.07, 6.45) is 0. The highest BCUT2D eigenvalue weighted by Gasteiger charge is 2.10. The predicted molar refractivity (Wildman–Crippen MR) is 58.9 cm³/mol. The molecule has 0 aromatic heterocycles. The van der Waals surface area contributed by atoms with Crippen LogP contribution in [0.15, 0.2) is 16.6 Å². The van der Waals surface area contributed by atoms with Gasteiger partial charge in [0.25, 0.3) is 0 Å². The summed E-state index contributed by atoms with van der Waals surface area (Å²) in [7, 11) is 0. The number of benzene rings is 1. The summed E-state index contributed by atoms with van der Waals surface area (Å²) < 4.78 is 0.736. The molecule has 0 fully saturated rings. The Morgan fingerprint density at radius 3 is 2.69 bits per heavy atom. The van der Waals surface area contributed by atoms with Crippen LogP contribution in [0.5, 0.6) is 0 Å². The zero-order valence-electron chi connectivity index (χ0n) is 6.90. The van der Waals surface area contributed by atoms with Crippen LogP contribution in [0.25, 0.3) is 0 Å². The standard InChI is InChI=1S/C9H7BrCl2O/c1-5-2-7(10)6(3-8(5)12)9(13)4-11/h2-3H,4H2,1H3. The third-order valence-electron chi connectivity index (χ3n) is 1.67. The molecule has 70 valence electrons. The quantitative estimate of drug-likeness (QED) is 0.595. The van der Waals surface area contributed by atoms with Gasteiger partial charge in [-0.1, -0.05) is 27.5 Å². The number of alkyl halides is 1. The molecule has 0 aliphatic heterocycles. The molecule has 1 aromatic carbocycles. The average Bonchev–Trinajstić information content (AvgIpc) is 2.10. The van der Waals surface area contributed by atoms with Gasteiger partial charge in [-0.05, 0) is 24.6 Å². The third-order valence-corrected chi connectivity index (χ3v) is 2.98. The maximum atomic E-state index is 11.3. The highest BCUT2D eigenvalue weighted by molar-refractivity contribution is 9.10. The molecule has 0 bridgehead atoms. The molecule has 1 aromatic rings. The Morgan fingerprint density at radius 1 is 1.54 bits per heavy atom. The Hall–Kier alpha value is -0.0500. The van der Waals surface area contributed by atoms with Crippen molar-refractivity contribution in [1.82, 2.24) is 0 Å². The summed E-state index contributed by atoms with van der Waals surface area (Å²) >= 11 is 14.6. The van der Waals surface area contributed by atoms with E-state index < -0.39 is 0 Å². The van der Waals surface area contributed by atoms with Crippen LogP contribution < -0.4 is 0 Å². The van der Waals surface area contributed by atoms with Crippen molar-refractivity contribution < 1.29 is 4.79 Å². The number of rotatable bonds is 2. The van der Waals surface area contributed by atoms with Crippen LogP contribution >= 0.6 is 39.1 Å². The zero-order chi connectivity index (χ0) is 10.0. The molecular weight excluding hydrogens is 275 g/mol. The van der Waals surface area contributed by atoms with E-state index in [4.69, 9.17) is 23.2 Å². The zero-order valence-corrected chi connectivity index (χ0v) is 10.0. The molecule has 0 radical (unpaired) electrons. The summed E-state index contributed by atoms with van der Waals surface area (Å²) in [5.74, 6) is -0.159. The van der Waals surface area contributed by atoms with Gasteiger partial charge < -0.3 is 0 Å². The molecule has 4 heteroatoms. The monoisotopic (exact) mass is 280 g/mol. The molecular formula is C9H7BrCl2O. The summed E-state index contributed by atoms with van der Waals surface area (Å²) in [6, 6.07) is 3.44.